The van der Waals surface area contributed by atoms with Crippen LogP contribution in [0.2, 0.25) is 0 Å². The molecule has 4 aromatic rings. The molecule has 0 radical (unpaired) electrons. The fraction of sp³-hybridized carbons (Fsp3) is 0.100. The number of nitro benzene ring substituents is 1. The first-order valence-corrected chi connectivity index (χ1v) is 9.65. The van der Waals surface area contributed by atoms with E-state index in [-0.39, 0.29) is 11.4 Å². The Hall–Kier alpha value is -3.92. The Balaban J connectivity index is 1.72. The van der Waals surface area contributed by atoms with Crippen molar-refractivity contribution in [3.63, 3.8) is 0 Å². The average molecular weight is 423 g/mol. The number of nitrogen functional groups attached to an aromatic ring is 1. The molecule has 0 atom stereocenters. The third kappa shape index (κ3) is 3.55. The predicted molar refractivity (Wildman–Crippen MR) is 117 cm³/mol. The van der Waals surface area contributed by atoms with Gasteiger partial charge < -0.3 is 20.5 Å². The molecular formula is C20H17N5O4S. The summed E-state index contributed by atoms with van der Waals surface area (Å²) in [7, 11) is 3.13. The van der Waals surface area contributed by atoms with Crippen LogP contribution in [0.5, 0.6) is 11.5 Å². The zero-order valence-corrected chi connectivity index (χ0v) is 16.9. The average Bonchev–Trinajstić information content (AvgIpc) is 3.17. The number of nitro groups is 1. The molecule has 0 aliphatic carbocycles. The lowest BCUT2D eigenvalue weighted by atomic mass is 10.1. The van der Waals surface area contributed by atoms with Crippen LogP contribution in [0.15, 0.2) is 48.0 Å². The number of nitrogens with one attached hydrogen (secondary N) is 1. The minimum absolute atomic E-state index is 0.119. The van der Waals surface area contributed by atoms with Gasteiger partial charge in [-0.1, -0.05) is 6.07 Å². The quantitative estimate of drug-likeness (QED) is 0.262. The van der Waals surface area contributed by atoms with Crippen molar-refractivity contribution in [2.45, 2.75) is 0 Å². The van der Waals surface area contributed by atoms with Gasteiger partial charge in [-0.2, -0.15) is 0 Å². The molecule has 0 unspecified atom stereocenters. The van der Waals surface area contributed by atoms with E-state index >= 15 is 0 Å². The van der Waals surface area contributed by atoms with E-state index in [1.807, 2.05) is 11.4 Å². The summed E-state index contributed by atoms with van der Waals surface area (Å²) in [6, 6.07) is 10.1. The number of nitrogens with two attached hydrogens (primary N) is 1. The maximum atomic E-state index is 11.2. The minimum atomic E-state index is -0.494. The van der Waals surface area contributed by atoms with Crippen molar-refractivity contribution in [3.05, 3.63) is 58.1 Å². The molecule has 2 aromatic heterocycles. The van der Waals surface area contributed by atoms with Crippen molar-refractivity contribution >= 4 is 44.6 Å². The maximum absolute atomic E-state index is 11.2. The largest absolute Gasteiger partial charge is 0.493 e. The summed E-state index contributed by atoms with van der Waals surface area (Å²) in [4.78, 5) is 19.7. The van der Waals surface area contributed by atoms with Crippen LogP contribution in [0, 0.1) is 10.1 Å². The molecule has 2 heterocycles. The van der Waals surface area contributed by atoms with Crippen LogP contribution in [0.1, 0.15) is 0 Å². The summed E-state index contributed by atoms with van der Waals surface area (Å²) in [6.45, 7) is 0. The van der Waals surface area contributed by atoms with Crippen molar-refractivity contribution in [3.8, 4) is 22.6 Å². The van der Waals surface area contributed by atoms with E-state index in [4.69, 9.17) is 15.2 Å². The number of nitrogens with zero attached hydrogens (tertiary/aromatic N) is 3. The molecule has 0 saturated carbocycles. The van der Waals surface area contributed by atoms with Gasteiger partial charge in [-0.3, -0.25) is 10.1 Å². The highest BCUT2D eigenvalue weighted by molar-refractivity contribution is 7.17. The second-order valence-electron chi connectivity index (χ2n) is 6.28. The van der Waals surface area contributed by atoms with Crippen molar-refractivity contribution in [2.75, 3.05) is 25.3 Å². The van der Waals surface area contributed by atoms with E-state index in [2.05, 4.69) is 15.3 Å². The first kappa shape index (κ1) is 19.4. The van der Waals surface area contributed by atoms with Gasteiger partial charge in [0.1, 0.15) is 5.69 Å². The molecule has 0 bridgehead atoms. The summed E-state index contributed by atoms with van der Waals surface area (Å²) in [5.74, 6) is 1.58. The van der Waals surface area contributed by atoms with Gasteiger partial charge in [0.2, 0.25) is 5.95 Å². The van der Waals surface area contributed by atoms with Crippen molar-refractivity contribution in [2.24, 2.45) is 0 Å². The monoisotopic (exact) mass is 423 g/mol. The van der Waals surface area contributed by atoms with Crippen LogP contribution in [0.4, 0.5) is 23.0 Å². The van der Waals surface area contributed by atoms with Gasteiger partial charge in [0.25, 0.3) is 5.69 Å². The molecule has 10 heteroatoms. The summed E-state index contributed by atoms with van der Waals surface area (Å²) < 4.78 is 11.4. The molecular weight excluding hydrogens is 406 g/mol. The van der Waals surface area contributed by atoms with Crippen molar-refractivity contribution in [1.82, 2.24) is 9.97 Å². The first-order valence-electron chi connectivity index (χ1n) is 8.77. The minimum Gasteiger partial charge on any atom is -0.493 e. The lowest BCUT2D eigenvalue weighted by Gasteiger charge is -2.10. The van der Waals surface area contributed by atoms with E-state index in [9.17, 15) is 10.1 Å². The maximum Gasteiger partial charge on any atom is 0.292 e. The molecule has 0 aliphatic heterocycles. The van der Waals surface area contributed by atoms with Gasteiger partial charge in [0.15, 0.2) is 11.5 Å². The Morgan fingerprint density at radius 3 is 2.67 bits per heavy atom. The van der Waals surface area contributed by atoms with Gasteiger partial charge in [-0.25, -0.2) is 9.97 Å². The summed E-state index contributed by atoms with van der Waals surface area (Å²) in [6.07, 6.45) is 1.71. The van der Waals surface area contributed by atoms with Crippen molar-refractivity contribution < 1.29 is 14.4 Å². The highest BCUT2D eigenvalue weighted by Crippen LogP contribution is 2.36. The topological polar surface area (TPSA) is 125 Å². The van der Waals surface area contributed by atoms with Crippen LogP contribution in [0.25, 0.3) is 21.3 Å². The first-order chi connectivity index (χ1) is 14.5. The number of thiophene rings is 1. The summed E-state index contributed by atoms with van der Waals surface area (Å²) >= 11 is 1.46. The van der Waals surface area contributed by atoms with Gasteiger partial charge in [-0.15, -0.1) is 11.3 Å². The molecule has 0 fully saturated rings. The second-order valence-corrected chi connectivity index (χ2v) is 7.19. The summed E-state index contributed by atoms with van der Waals surface area (Å²) in [5, 5.41) is 16.3. The molecule has 0 amide bonds. The standard InChI is InChI=1S/C20H17N5O4S/c1-28-16-6-4-12(8-17(16)29-2)23-20-22-9-18-19(24-20)13(10-30-18)11-3-5-14(21)15(7-11)25(26)27/h3-10H,21H2,1-2H3,(H,22,23,24). The zero-order valence-electron chi connectivity index (χ0n) is 16.1. The Bertz CT molecular complexity index is 1260. The Labute approximate surface area is 175 Å². The highest BCUT2D eigenvalue weighted by Gasteiger charge is 2.16. The normalized spacial score (nSPS) is 10.7. The van der Waals surface area contributed by atoms with E-state index in [1.165, 1.54) is 23.5 Å². The van der Waals surface area contributed by atoms with Crippen molar-refractivity contribution in [1.29, 1.82) is 0 Å². The van der Waals surface area contributed by atoms with E-state index < -0.39 is 4.92 Å². The number of ether oxygens (including phenoxy) is 2. The van der Waals surface area contributed by atoms with Gasteiger partial charge in [0.05, 0.1) is 35.6 Å². The van der Waals surface area contributed by atoms with Gasteiger partial charge in [-0.05, 0) is 23.8 Å². The van der Waals surface area contributed by atoms with Crippen LogP contribution in [-0.4, -0.2) is 29.1 Å². The van der Waals surface area contributed by atoms with E-state index in [0.29, 0.717) is 28.5 Å². The number of aromatic nitrogens is 2. The van der Waals surface area contributed by atoms with Crippen LogP contribution in [-0.2, 0) is 0 Å². The molecule has 152 valence electrons. The Morgan fingerprint density at radius 1 is 1.13 bits per heavy atom. The lowest BCUT2D eigenvalue weighted by molar-refractivity contribution is -0.383. The number of benzene rings is 2. The Kier molecular flexibility index (Phi) is 5.07. The highest BCUT2D eigenvalue weighted by atomic mass is 32.1. The SMILES string of the molecule is COc1ccc(Nc2ncc3scc(-c4ccc(N)c([N+](=O)[O-])c4)c3n2)cc1OC. The third-order valence-electron chi connectivity index (χ3n) is 4.49. The summed E-state index contributed by atoms with van der Waals surface area (Å²) in [5.41, 5.74) is 8.56. The molecule has 3 N–H and O–H groups in total. The molecule has 2 aromatic carbocycles. The lowest BCUT2D eigenvalue weighted by Crippen LogP contribution is -1.98. The van der Waals surface area contributed by atoms with Crippen LogP contribution >= 0.6 is 11.3 Å². The second kappa shape index (κ2) is 7.84. The fourth-order valence-corrected chi connectivity index (χ4v) is 3.88. The zero-order chi connectivity index (χ0) is 21.3. The number of anilines is 3. The smallest absolute Gasteiger partial charge is 0.292 e. The van der Waals surface area contributed by atoms with Gasteiger partial charge in [0, 0.05) is 28.8 Å². The van der Waals surface area contributed by atoms with E-state index in [1.54, 1.807) is 38.6 Å². The molecule has 0 saturated heterocycles. The molecule has 0 aliphatic rings. The van der Waals surface area contributed by atoms with E-state index in [0.717, 1.165) is 16.0 Å². The molecule has 4 rings (SSSR count). The number of fused-ring (bicyclic) bond motifs is 1. The van der Waals surface area contributed by atoms with Crippen LogP contribution < -0.4 is 20.5 Å². The number of hydrogen-bond donors (Lipinski definition) is 2. The van der Waals surface area contributed by atoms with Gasteiger partial charge >= 0.3 is 0 Å². The fourth-order valence-electron chi connectivity index (χ4n) is 3.01. The molecule has 9 nitrogen and oxygen atoms in total. The molecule has 0 spiro atoms. The number of rotatable bonds is 6. The Morgan fingerprint density at radius 2 is 1.93 bits per heavy atom. The number of hydrogen-bond acceptors (Lipinski definition) is 9. The third-order valence-corrected chi connectivity index (χ3v) is 5.40. The predicted octanol–water partition coefficient (Wildman–Crippen LogP) is 4.61. The van der Waals surface area contributed by atoms with Crippen LogP contribution in [0.3, 0.4) is 0 Å². The molecule has 30 heavy (non-hydrogen) atoms. The number of methoxy groups -OCH3 is 2.